The third-order valence-corrected chi connectivity index (χ3v) is 5.13. The summed E-state index contributed by atoms with van der Waals surface area (Å²) in [4.78, 5) is 11.2. The van der Waals surface area contributed by atoms with Gasteiger partial charge in [0.25, 0.3) is 0 Å². The summed E-state index contributed by atoms with van der Waals surface area (Å²) in [7, 11) is -3.27. The van der Waals surface area contributed by atoms with Gasteiger partial charge in [0, 0.05) is 12.1 Å². The molecule has 18 heavy (non-hydrogen) atoms. The number of ketones is 1. The zero-order valence-corrected chi connectivity index (χ0v) is 11.6. The molecule has 1 saturated heterocycles. The van der Waals surface area contributed by atoms with Crippen molar-refractivity contribution in [1.29, 1.82) is 0 Å². The second-order valence-corrected chi connectivity index (χ2v) is 6.74. The van der Waals surface area contributed by atoms with Gasteiger partial charge in [-0.15, -0.1) is 0 Å². The maximum atomic E-state index is 12.0. The van der Waals surface area contributed by atoms with Crippen LogP contribution in [0.4, 0.5) is 5.69 Å². The maximum absolute atomic E-state index is 12.0. The Morgan fingerprint density at radius 2 is 2.06 bits per heavy atom. The second-order valence-electron chi connectivity index (χ2n) is 4.32. The first kappa shape index (κ1) is 13.4. The Balaban J connectivity index is 2.42. The molecule has 0 aromatic heterocycles. The number of carbonyl (C=O) groups is 1. The minimum absolute atomic E-state index is 0.0926. The van der Waals surface area contributed by atoms with Crippen LogP contribution in [0.3, 0.4) is 0 Å². The molecule has 0 atom stereocenters. The van der Waals surface area contributed by atoms with E-state index in [0.29, 0.717) is 29.2 Å². The van der Waals surface area contributed by atoms with Gasteiger partial charge in [-0.25, -0.2) is 8.42 Å². The van der Waals surface area contributed by atoms with Crippen LogP contribution in [0, 0.1) is 0 Å². The van der Waals surface area contributed by atoms with Crippen molar-refractivity contribution < 1.29 is 13.2 Å². The molecule has 0 radical (unpaired) electrons. The monoisotopic (exact) mass is 287 g/mol. The SMILES string of the molecule is CC(=O)c1ccc(N2CCCCS2(=O)=O)c(Cl)c1. The lowest BCUT2D eigenvalue weighted by Gasteiger charge is -2.29. The maximum Gasteiger partial charge on any atom is 0.235 e. The zero-order valence-electron chi connectivity index (χ0n) is 10.0. The number of benzene rings is 1. The Labute approximate surface area is 112 Å². The minimum Gasteiger partial charge on any atom is -0.295 e. The highest BCUT2D eigenvalue weighted by atomic mass is 35.5. The molecule has 0 bridgehead atoms. The predicted molar refractivity (Wildman–Crippen MR) is 71.8 cm³/mol. The molecule has 1 aromatic carbocycles. The van der Waals surface area contributed by atoms with E-state index in [9.17, 15) is 13.2 Å². The van der Waals surface area contributed by atoms with Gasteiger partial charge in [-0.05, 0) is 38.0 Å². The number of anilines is 1. The number of rotatable bonds is 2. The normalized spacial score (nSPS) is 18.7. The first-order chi connectivity index (χ1) is 8.42. The first-order valence-corrected chi connectivity index (χ1v) is 7.71. The number of Topliss-reactive ketones (excluding diaryl/α,β-unsaturated/α-hetero) is 1. The molecule has 0 saturated carbocycles. The molecule has 6 heteroatoms. The van der Waals surface area contributed by atoms with Crippen molar-refractivity contribution in [3.05, 3.63) is 28.8 Å². The summed E-state index contributed by atoms with van der Waals surface area (Å²) in [5, 5.41) is 0.299. The molecule has 1 aromatic rings. The molecular weight excluding hydrogens is 274 g/mol. The van der Waals surface area contributed by atoms with Gasteiger partial charge in [0.1, 0.15) is 0 Å². The fourth-order valence-electron chi connectivity index (χ4n) is 1.99. The van der Waals surface area contributed by atoms with E-state index < -0.39 is 10.0 Å². The fraction of sp³-hybridized carbons (Fsp3) is 0.417. The average molecular weight is 288 g/mol. The van der Waals surface area contributed by atoms with E-state index in [4.69, 9.17) is 11.6 Å². The number of hydrogen-bond donors (Lipinski definition) is 0. The largest absolute Gasteiger partial charge is 0.295 e. The molecule has 0 N–H and O–H groups in total. The van der Waals surface area contributed by atoms with Crippen LogP contribution in [0.5, 0.6) is 0 Å². The Bertz CT molecular complexity index is 583. The Hall–Kier alpha value is -1.07. The summed E-state index contributed by atoms with van der Waals surface area (Å²) >= 11 is 6.08. The zero-order chi connectivity index (χ0) is 13.3. The van der Waals surface area contributed by atoms with Crippen LogP contribution in [0.15, 0.2) is 18.2 Å². The van der Waals surface area contributed by atoms with E-state index in [1.165, 1.54) is 17.3 Å². The van der Waals surface area contributed by atoms with Crippen LogP contribution < -0.4 is 4.31 Å². The standard InChI is InChI=1S/C12H14ClNO3S/c1-9(15)10-4-5-12(11(13)8-10)14-6-2-3-7-18(14,16)17/h4-5,8H,2-3,6-7H2,1H3. The topological polar surface area (TPSA) is 54.5 Å². The lowest BCUT2D eigenvalue weighted by atomic mass is 10.1. The molecule has 0 aliphatic carbocycles. The first-order valence-electron chi connectivity index (χ1n) is 5.73. The lowest BCUT2D eigenvalue weighted by molar-refractivity contribution is 0.101. The molecule has 4 nitrogen and oxygen atoms in total. The molecule has 1 heterocycles. The van der Waals surface area contributed by atoms with Gasteiger partial charge < -0.3 is 0 Å². The molecule has 1 aliphatic heterocycles. The fourth-order valence-corrected chi connectivity index (χ4v) is 3.98. The molecule has 1 fully saturated rings. The third kappa shape index (κ3) is 2.52. The molecular formula is C12H14ClNO3S. The summed E-state index contributed by atoms with van der Waals surface area (Å²) in [6.45, 7) is 1.89. The van der Waals surface area contributed by atoms with Crippen molar-refractivity contribution in [2.45, 2.75) is 19.8 Å². The van der Waals surface area contributed by atoms with E-state index in [2.05, 4.69) is 0 Å². The van der Waals surface area contributed by atoms with Gasteiger partial charge in [-0.1, -0.05) is 11.6 Å². The number of carbonyl (C=O) groups excluding carboxylic acids is 1. The van der Waals surface area contributed by atoms with Crippen molar-refractivity contribution in [1.82, 2.24) is 0 Å². The van der Waals surface area contributed by atoms with Crippen LogP contribution in [0.1, 0.15) is 30.1 Å². The Morgan fingerprint density at radius 3 is 2.61 bits per heavy atom. The van der Waals surface area contributed by atoms with Crippen molar-refractivity contribution in [2.24, 2.45) is 0 Å². The van der Waals surface area contributed by atoms with Gasteiger partial charge in [0.05, 0.1) is 16.5 Å². The van der Waals surface area contributed by atoms with Crippen molar-refractivity contribution >= 4 is 33.1 Å². The molecule has 0 spiro atoms. The molecule has 0 unspecified atom stereocenters. The summed E-state index contributed by atoms with van der Waals surface area (Å²) in [6, 6.07) is 4.72. The van der Waals surface area contributed by atoms with E-state index in [1.807, 2.05) is 0 Å². The summed E-state index contributed by atoms with van der Waals surface area (Å²) < 4.78 is 25.2. The van der Waals surface area contributed by atoms with Crippen LogP contribution in [-0.2, 0) is 10.0 Å². The molecule has 0 amide bonds. The molecule has 2 rings (SSSR count). The van der Waals surface area contributed by atoms with Gasteiger partial charge in [-0.3, -0.25) is 9.10 Å². The summed E-state index contributed by atoms with van der Waals surface area (Å²) in [5.74, 6) is 0.0579. The van der Waals surface area contributed by atoms with Gasteiger partial charge >= 0.3 is 0 Å². The van der Waals surface area contributed by atoms with Crippen LogP contribution >= 0.6 is 11.6 Å². The highest BCUT2D eigenvalue weighted by Crippen LogP contribution is 2.31. The van der Waals surface area contributed by atoms with Gasteiger partial charge in [0.2, 0.25) is 10.0 Å². The van der Waals surface area contributed by atoms with Crippen LogP contribution in [0.25, 0.3) is 0 Å². The Morgan fingerprint density at radius 1 is 1.33 bits per heavy atom. The van der Waals surface area contributed by atoms with Crippen LogP contribution in [0.2, 0.25) is 5.02 Å². The van der Waals surface area contributed by atoms with E-state index in [1.54, 1.807) is 12.1 Å². The molecule has 1 aliphatic rings. The third-order valence-electron chi connectivity index (χ3n) is 2.97. The smallest absolute Gasteiger partial charge is 0.235 e. The minimum atomic E-state index is -3.27. The number of sulfonamides is 1. The van der Waals surface area contributed by atoms with E-state index >= 15 is 0 Å². The van der Waals surface area contributed by atoms with E-state index in [0.717, 1.165) is 6.42 Å². The molecule has 98 valence electrons. The van der Waals surface area contributed by atoms with Crippen molar-refractivity contribution in [3.63, 3.8) is 0 Å². The highest BCUT2D eigenvalue weighted by molar-refractivity contribution is 7.92. The van der Waals surface area contributed by atoms with Gasteiger partial charge in [0.15, 0.2) is 5.78 Å². The van der Waals surface area contributed by atoms with E-state index in [-0.39, 0.29) is 11.5 Å². The average Bonchev–Trinajstić information content (AvgIpc) is 2.29. The Kier molecular flexibility index (Phi) is 3.64. The number of halogens is 1. The van der Waals surface area contributed by atoms with Crippen LogP contribution in [-0.4, -0.2) is 26.5 Å². The van der Waals surface area contributed by atoms with Gasteiger partial charge in [-0.2, -0.15) is 0 Å². The number of hydrogen-bond acceptors (Lipinski definition) is 3. The second kappa shape index (κ2) is 4.90. The number of nitrogens with zero attached hydrogens (tertiary/aromatic N) is 1. The summed E-state index contributed by atoms with van der Waals surface area (Å²) in [5.41, 5.74) is 0.944. The van der Waals surface area contributed by atoms with Crippen molar-refractivity contribution in [2.75, 3.05) is 16.6 Å². The lowest BCUT2D eigenvalue weighted by Crippen LogP contribution is -2.38. The predicted octanol–water partition coefficient (Wildman–Crippen LogP) is 2.47. The quantitative estimate of drug-likeness (QED) is 0.785. The van der Waals surface area contributed by atoms with Crippen molar-refractivity contribution in [3.8, 4) is 0 Å². The highest BCUT2D eigenvalue weighted by Gasteiger charge is 2.27. The summed E-state index contributed by atoms with van der Waals surface area (Å²) in [6.07, 6.45) is 1.51.